The third-order valence-corrected chi connectivity index (χ3v) is 2.73. The van der Waals surface area contributed by atoms with E-state index >= 15 is 0 Å². The number of rotatable bonds is 6. The van der Waals surface area contributed by atoms with Gasteiger partial charge in [0.15, 0.2) is 0 Å². The smallest absolute Gasteiger partial charge is 0.123 e. The minimum Gasteiger partial charge on any atom is -0.395 e. The zero-order valence-corrected chi connectivity index (χ0v) is 9.91. The van der Waals surface area contributed by atoms with Gasteiger partial charge in [0.05, 0.1) is 6.61 Å². The molecule has 1 aromatic carbocycles. The van der Waals surface area contributed by atoms with E-state index in [0.29, 0.717) is 5.92 Å². The molecule has 0 bridgehead atoms. The van der Waals surface area contributed by atoms with Gasteiger partial charge in [-0.1, -0.05) is 26.0 Å². The Morgan fingerprint density at radius 1 is 1.25 bits per heavy atom. The van der Waals surface area contributed by atoms with Gasteiger partial charge in [-0.25, -0.2) is 4.39 Å². The Morgan fingerprint density at radius 2 is 1.88 bits per heavy atom. The molecule has 90 valence electrons. The van der Waals surface area contributed by atoms with Crippen molar-refractivity contribution in [2.45, 2.75) is 26.3 Å². The minimum absolute atomic E-state index is 0.139. The summed E-state index contributed by atoms with van der Waals surface area (Å²) in [5.41, 5.74) is 1.11. The highest BCUT2D eigenvalue weighted by Crippen LogP contribution is 2.04. The fraction of sp³-hybridized carbons (Fsp3) is 0.538. The fourth-order valence-corrected chi connectivity index (χ4v) is 1.56. The maximum atomic E-state index is 12.6. The summed E-state index contributed by atoms with van der Waals surface area (Å²) in [6, 6.07) is 6.67. The summed E-state index contributed by atoms with van der Waals surface area (Å²) in [6.45, 7) is 5.10. The van der Waals surface area contributed by atoms with Gasteiger partial charge in [0.1, 0.15) is 5.82 Å². The topological polar surface area (TPSA) is 32.3 Å². The predicted molar refractivity (Wildman–Crippen MR) is 63.8 cm³/mol. The number of hydrogen-bond acceptors (Lipinski definition) is 2. The Labute approximate surface area is 96.5 Å². The minimum atomic E-state index is -0.202. The molecular formula is C13H20FNO. The second kappa shape index (κ2) is 6.61. The number of hydrogen-bond donors (Lipinski definition) is 2. The first-order valence-corrected chi connectivity index (χ1v) is 5.72. The van der Waals surface area contributed by atoms with Crippen LogP contribution in [0.25, 0.3) is 0 Å². The molecule has 0 aliphatic carbocycles. The lowest BCUT2D eigenvalue weighted by atomic mass is 10.0. The molecule has 2 nitrogen and oxygen atoms in total. The molecule has 0 aliphatic rings. The lowest BCUT2D eigenvalue weighted by molar-refractivity contribution is 0.212. The van der Waals surface area contributed by atoms with Crippen molar-refractivity contribution in [1.29, 1.82) is 0 Å². The van der Waals surface area contributed by atoms with E-state index in [1.54, 1.807) is 12.1 Å². The third-order valence-electron chi connectivity index (χ3n) is 2.73. The second-order valence-electron chi connectivity index (χ2n) is 4.36. The van der Waals surface area contributed by atoms with E-state index < -0.39 is 0 Å². The normalized spacial score (nSPS) is 13.1. The van der Waals surface area contributed by atoms with Crippen molar-refractivity contribution in [3.63, 3.8) is 0 Å². The van der Waals surface area contributed by atoms with E-state index in [4.69, 9.17) is 5.11 Å². The number of aliphatic hydroxyl groups excluding tert-OH is 1. The molecule has 0 spiro atoms. The van der Waals surface area contributed by atoms with Crippen LogP contribution in [-0.2, 0) is 6.42 Å². The van der Waals surface area contributed by atoms with Crippen LogP contribution >= 0.6 is 0 Å². The molecule has 1 aromatic rings. The molecule has 2 N–H and O–H groups in total. The molecule has 0 aromatic heterocycles. The van der Waals surface area contributed by atoms with Crippen molar-refractivity contribution in [3.05, 3.63) is 35.6 Å². The number of aliphatic hydroxyl groups is 1. The summed E-state index contributed by atoms with van der Waals surface area (Å²) in [5.74, 6) is 0.213. The second-order valence-corrected chi connectivity index (χ2v) is 4.36. The summed E-state index contributed by atoms with van der Waals surface area (Å²) < 4.78 is 12.6. The Morgan fingerprint density at radius 3 is 2.38 bits per heavy atom. The van der Waals surface area contributed by atoms with Crippen LogP contribution in [0, 0.1) is 11.7 Å². The molecule has 0 radical (unpaired) electrons. The van der Waals surface area contributed by atoms with E-state index in [9.17, 15) is 4.39 Å². The van der Waals surface area contributed by atoms with Crippen LogP contribution in [0.4, 0.5) is 4.39 Å². The van der Waals surface area contributed by atoms with E-state index in [0.717, 1.165) is 18.5 Å². The summed E-state index contributed by atoms with van der Waals surface area (Å²) in [5, 5.41) is 12.4. The first-order valence-electron chi connectivity index (χ1n) is 5.72. The maximum absolute atomic E-state index is 12.6. The van der Waals surface area contributed by atoms with Gasteiger partial charge in [-0.15, -0.1) is 0 Å². The Bertz CT molecular complexity index is 297. The molecule has 16 heavy (non-hydrogen) atoms. The van der Waals surface area contributed by atoms with Crippen molar-refractivity contribution >= 4 is 0 Å². The summed E-state index contributed by atoms with van der Waals surface area (Å²) in [6.07, 6.45) is 0.851. The largest absolute Gasteiger partial charge is 0.395 e. The van der Waals surface area contributed by atoms with Gasteiger partial charge in [0.25, 0.3) is 0 Å². The molecule has 0 saturated carbocycles. The summed E-state index contributed by atoms with van der Waals surface area (Å²) in [4.78, 5) is 0. The van der Waals surface area contributed by atoms with Crippen molar-refractivity contribution in [2.75, 3.05) is 13.2 Å². The van der Waals surface area contributed by atoms with Crippen molar-refractivity contribution in [2.24, 2.45) is 5.92 Å². The molecule has 3 heteroatoms. The van der Waals surface area contributed by atoms with Gasteiger partial charge in [0, 0.05) is 6.04 Å². The molecule has 0 amide bonds. The molecule has 0 heterocycles. The Balaban J connectivity index is 2.32. The fourth-order valence-electron chi connectivity index (χ4n) is 1.56. The lowest BCUT2D eigenvalue weighted by Crippen LogP contribution is -2.38. The first-order chi connectivity index (χ1) is 7.63. The summed E-state index contributed by atoms with van der Waals surface area (Å²) >= 11 is 0. The highest BCUT2D eigenvalue weighted by atomic mass is 19.1. The highest BCUT2D eigenvalue weighted by Gasteiger charge is 2.10. The molecule has 0 saturated heterocycles. The number of benzene rings is 1. The molecule has 1 unspecified atom stereocenters. The van der Waals surface area contributed by atoms with Gasteiger partial charge >= 0.3 is 0 Å². The van der Waals surface area contributed by atoms with E-state index in [2.05, 4.69) is 19.2 Å². The van der Waals surface area contributed by atoms with Crippen LogP contribution in [0.2, 0.25) is 0 Å². The van der Waals surface area contributed by atoms with Gasteiger partial charge < -0.3 is 10.4 Å². The van der Waals surface area contributed by atoms with Crippen LogP contribution in [0.1, 0.15) is 19.4 Å². The van der Waals surface area contributed by atoms with E-state index in [1.807, 2.05) is 0 Å². The quantitative estimate of drug-likeness (QED) is 0.776. The molecule has 0 fully saturated rings. The molecular weight excluding hydrogens is 205 g/mol. The standard InChI is InChI=1S/C13H20FNO/c1-10(2)13(9-16)15-8-7-11-3-5-12(14)6-4-11/h3-6,10,13,15-16H,7-9H2,1-2H3. The van der Waals surface area contributed by atoms with Crippen LogP contribution in [0.3, 0.4) is 0 Å². The van der Waals surface area contributed by atoms with Crippen LogP contribution in [0.15, 0.2) is 24.3 Å². The highest BCUT2D eigenvalue weighted by molar-refractivity contribution is 5.16. The summed E-state index contributed by atoms with van der Waals surface area (Å²) in [7, 11) is 0. The lowest BCUT2D eigenvalue weighted by Gasteiger charge is -2.19. The van der Waals surface area contributed by atoms with Gasteiger partial charge in [-0.2, -0.15) is 0 Å². The number of halogens is 1. The first kappa shape index (κ1) is 13.1. The molecule has 0 aliphatic heterocycles. The van der Waals surface area contributed by atoms with Gasteiger partial charge in [-0.05, 0) is 36.6 Å². The Kier molecular flexibility index (Phi) is 5.43. The molecule has 1 rings (SSSR count). The van der Waals surface area contributed by atoms with Gasteiger partial charge in [0.2, 0.25) is 0 Å². The maximum Gasteiger partial charge on any atom is 0.123 e. The third kappa shape index (κ3) is 4.29. The zero-order valence-electron chi connectivity index (χ0n) is 9.91. The monoisotopic (exact) mass is 225 g/mol. The van der Waals surface area contributed by atoms with Crippen molar-refractivity contribution < 1.29 is 9.50 Å². The van der Waals surface area contributed by atoms with Gasteiger partial charge in [-0.3, -0.25) is 0 Å². The number of nitrogens with one attached hydrogen (secondary N) is 1. The Hall–Kier alpha value is -0.930. The van der Waals surface area contributed by atoms with Crippen LogP contribution in [-0.4, -0.2) is 24.3 Å². The van der Waals surface area contributed by atoms with Crippen molar-refractivity contribution in [3.8, 4) is 0 Å². The average Bonchev–Trinajstić information content (AvgIpc) is 2.26. The molecule has 1 atom stereocenters. The van der Waals surface area contributed by atoms with E-state index in [1.165, 1.54) is 12.1 Å². The van der Waals surface area contributed by atoms with E-state index in [-0.39, 0.29) is 18.5 Å². The SMILES string of the molecule is CC(C)C(CO)NCCc1ccc(F)cc1. The average molecular weight is 225 g/mol. The predicted octanol–water partition coefficient (Wildman–Crippen LogP) is 1.97. The van der Waals surface area contributed by atoms with Crippen molar-refractivity contribution in [1.82, 2.24) is 5.32 Å². The van der Waals surface area contributed by atoms with Crippen LogP contribution in [0.5, 0.6) is 0 Å². The van der Waals surface area contributed by atoms with Crippen LogP contribution < -0.4 is 5.32 Å². The zero-order chi connectivity index (χ0) is 12.0.